The molecule has 0 bridgehead atoms. The van der Waals surface area contributed by atoms with Crippen molar-refractivity contribution >= 4 is 0 Å². The number of epoxide rings is 1. The Morgan fingerprint density at radius 1 is 1.57 bits per heavy atom. The number of nitriles is 2. The van der Waals surface area contributed by atoms with Crippen molar-refractivity contribution in [3.05, 3.63) is 17.7 Å². The fourth-order valence-electron chi connectivity index (χ4n) is 1.27. The minimum atomic E-state index is 0.198. The summed E-state index contributed by atoms with van der Waals surface area (Å²) in [5.74, 6) is 0. The Morgan fingerprint density at radius 3 is 2.93 bits per heavy atom. The van der Waals surface area contributed by atoms with E-state index in [0.717, 1.165) is 13.0 Å². The van der Waals surface area contributed by atoms with Crippen molar-refractivity contribution < 1.29 is 4.74 Å². The lowest BCUT2D eigenvalue weighted by Gasteiger charge is -2.00. The molecule has 2 heterocycles. The topological polar surface area (TPSA) is 77.9 Å². The summed E-state index contributed by atoms with van der Waals surface area (Å²) in [7, 11) is 0. The van der Waals surface area contributed by atoms with Crippen LogP contribution < -0.4 is 0 Å². The van der Waals surface area contributed by atoms with Gasteiger partial charge in [0.25, 0.3) is 0 Å². The van der Waals surface area contributed by atoms with Gasteiger partial charge >= 0.3 is 0 Å². The van der Waals surface area contributed by atoms with E-state index in [-0.39, 0.29) is 5.69 Å². The summed E-state index contributed by atoms with van der Waals surface area (Å²) in [5.41, 5.74) is 0.539. The number of hydrogen-bond acceptors (Lipinski definition) is 4. The highest BCUT2D eigenvalue weighted by Crippen LogP contribution is 2.15. The molecule has 1 aromatic heterocycles. The van der Waals surface area contributed by atoms with Gasteiger partial charge in [0.15, 0.2) is 11.4 Å². The second-order valence-corrected chi connectivity index (χ2v) is 3.10. The van der Waals surface area contributed by atoms with Crippen LogP contribution in [0, 0.1) is 22.7 Å². The van der Waals surface area contributed by atoms with Crippen LogP contribution in [0.15, 0.2) is 6.33 Å². The molecule has 0 amide bonds. The molecule has 5 heteroatoms. The summed E-state index contributed by atoms with van der Waals surface area (Å²) in [6, 6.07) is 3.86. The molecule has 0 radical (unpaired) electrons. The molecule has 14 heavy (non-hydrogen) atoms. The van der Waals surface area contributed by atoms with Gasteiger partial charge in [-0.05, 0) is 6.42 Å². The van der Waals surface area contributed by atoms with E-state index in [9.17, 15) is 0 Å². The second kappa shape index (κ2) is 3.49. The zero-order valence-electron chi connectivity index (χ0n) is 7.47. The molecule has 1 aliphatic heterocycles. The molecular weight excluding hydrogens is 180 g/mol. The van der Waals surface area contributed by atoms with Gasteiger partial charge in [-0.3, -0.25) is 0 Å². The maximum absolute atomic E-state index is 8.81. The summed E-state index contributed by atoms with van der Waals surface area (Å²) >= 11 is 0. The van der Waals surface area contributed by atoms with Gasteiger partial charge in [-0.1, -0.05) is 0 Å². The SMILES string of the molecule is N#Cc1ncn(CCC2CO2)c1C#N. The number of rotatable bonds is 3. The number of nitrogens with zero attached hydrogens (tertiary/aromatic N) is 4. The first-order valence-corrected chi connectivity index (χ1v) is 4.32. The smallest absolute Gasteiger partial charge is 0.176 e. The number of aromatic nitrogens is 2. The molecule has 1 atom stereocenters. The summed E-state index contributed by atoms with van der Waals surface area (Å²) < 4.78 is 6.75. The van der Waals surface area contributed by atoms with E-state index < -0.39 is 0 Å². The lowest BCUT2D eigenvalue weighted by molar-refractivity contribution is 0.384. The first-order chi connectivity index (χ1) is 6.85. The molecule has 2 rings (SSSR count). The Labute approximate surface area is 81.2 Å². The fourth-order valence-corrected chi connectivity index (χ4v) is 1.27. The Kier molecular flexibility index (Phi) is 2.18. The van der Waals surface area contributed by atoms with Gasteiger partial charge < -0.3 is 9.30 Å². The van der Waals surface area contributed by atoms with E-state index in [0.29, 0.717) is 18.3 Å². The minimum Gasteiger partial charge on any atom is -0.373 e. The van der Waals surface area contributed by atoms with Crippen LogP contribution in [0.3, 0.4) is 0 Å². The van der Waals surface area contributed by atoms with Crippen LogP contribution in [0.5, 0.6) is 0 Å². The molecular formula is C9H8N4O. The first kappa shape index (κ1) is 8.74. The van der Waals surface area contributed by atoms with Crippen molar-refractivity contribution in [3.63, 3.8) is 0 Å². The van der Waals surface area contributed by atoms with E-state index in [1.54, 1.807) is 4.57 Å². The minimum absolute atomic E-state index is 0.198. The normalized spacial score (nSPS) is 18.6. The molecule has 1 fully saturated rings. The molecule has 0 aromatic carbocycles. The van der Waals surface area contributed by atoms with Crippen molar-refractivity contribution in [2.45, 2.75) is 19.1 Å². The molecule has 0 aliphatic carbocycles. The predicted octanol–water partition coefficient (Wildman–Crippen LogP) is 0.415. The predicted molar refractivity (Wildman–Crippen MR) is 46.0 cm³/mol. The quantitative estimate of drug-likeness (QED) is 0.644. The molecule has 0 N–H and O–H groups in total. The Hall–Kier alpha value is -1.85. The van der Waals surface area contributed by atoms with Crippen LogP contribution in [0.2, 0.25) is 0 Å². The Bertz CT molecular complexity index is 419. The fraction of sp³-hybridized carbons (Fsp3) is 0.444. The van der Waals surface area contributed by atoms with Crippen molar-refractivity contribution in [1.29, 1.82) is 10.5 Å². The maximum atomic E-state index is 8.81. The Morgan fingerprint density at radius 2 is 2.36 bits per heavy atom. The number of hydrogen-bond donors (Lipinski definition) is 0. The monoisotopic (exact) mass is 188 g/mol. The number of ether oxygens (including phenoxy) is 1. The standard InChI is InChI=1S/C9H8N4O/c10-3-8-9(4-11)13(6-12-8)2-1-7-5-14-7/h6-7H,1-2,5H2. The molecule has 1 aliphatic rings. The first-order valence-electron chi connectivity index (χ1n) is 4.32. The van der Waals surface area contributed by atoms with Crippen molar-refractivity contribution in [2.24, 2.45) is 0 Å². The molecule has 1 saturated heterocycles. The van der Waals surface area contributed by atoms with Crippen molar-refractivity contribution in [2.75, 3.05) is 6.61 Å². The van der Waals surface area contributed by atoms with Gasteiger partial charge in [0.1, 0.15) is 12.1 Å². The third-order valence-corrected chi connectivity index (χ3v) is 2.14. The van der Waals surface area contributed by atoms with Crippen LogP contribution in [0.25, 0.3) is 0 Å². The summed E-state index contributed by atoms with van der Waals surface area (Å²) in [6.45, 7) is 1.49. The molecule has 70 valence electrons. The third kappa shape index (κ3) is 1.59. The highest BCUT2D eigenvalue weighted by atomic mass is 16.6. The van der Waals surface area contributed by atoms with E-state index in [2.05, 4.69) is 4.98 Å². The Balaban J connectivity index is 2.12. The average molecular weight is 188 g/mol. The van der Waals surface area contributed by atoms with E-state index in [4.69, 9.17) is 15.3 Å². The van der Waals surface area contributed by atoms with Gasteiger partial charge in [0.2, 0.25) is 0 Å². The van der Waals surface area contributed by atoms with E-state index in [1.807, 2.05) is 12.1 Å². The van der Waals surface area contributed by atoms with E-state index in [1.165, 1.54) is 6.33 Å². The van der Waals surface area contributed by atoms with E-state index >= 15 is 0 Å². The average Bonchev–Trinajstić information content (AvgIpc) is 2.95. The molecule has 1 unspecified atom stereocenters. The van der Waals surface area contributed by atoms with Gasteiger partial charge in [0, 0.05) is 6.54 Å². The largest absolute Gasteiger partial charge is 0.373 e. The zero-order valence-corrected chi connectivity index (χ0v) is 7.47. The van der Waals surface area contributed by atoms with Gasteiger partial charge in [-0.25, -0.2) is 4.98 Å². The summed E-state index contributed by atoms with van der Waals surface area (Å²) in [6.07, 6.45) is 2.73. The number of aryl methyl sites for hydroxylation is 1. The zero-order chi connectivity index (χ0) is 9.97. The number of imidazole rings is 1. The molecule has 5 nitrogen and oxygen atoms in total. The molecule has 0 saturated carbocycles. The molecule has 0 spiro atoms. The van der Waals surface area contributed by atoms with Crippen LogP contribution in [0.1, 0.15) is 17.8 Å². The highest BCUT2D eigenvalue weighted by Gasteiger charge is 2.22. The lowest BCUT2D eigenvalue weighted by Crippen LogP contribution is -2.02. The third-order valence-electron chi connectivity index (χ3n) is 2.14. The van der Waals surface area contributed by atoms with Gasteiger partial charge in [0.05, 0.1) is 19.0 Å². The second-order valence-electron chi connectivity index (χ2n) is 3.10. The van der Waals surface area contributed by atoms with Crippen LogP contribution in [0.4, 0.5) is 0 Å². The summed E-state index contributed by atoms with van der Waals surface area (Å²) in [4.78, 5) is 3.84. The molecule has 1 aromatic rings. The highest BCUT2D eigenvalue weighted by molar-refractivity contribution is 5.35. The van der Waals surface area contributed by atoms with Gasteiger partial charge in [-0.15, -0.1) is 0 Å². The van der Waals surface area contributed by atoms with Gasteiger partial charge in [-0.2, -0.15) is 10.5 Å². The lowest BCUT2D eigenvalue weighted by atomic mass is 10.3. The maximum Gasteiger partial charge on any atom is 0.176 e. The van der Waals surface area contributed by atoms with Crippen molar-refractivity contribution in [1.82, 2.24) is 9.55 Å². The van der Waals surface area contributed by atoms with Crippen LogP contribution in [-0.4, -0.2) is 22.3 Å². The summed E-state index contributed by atoms with van der Waals surface area (Å²) in [5, 5.41) is 17.5. The van der Waals surface area contributed by atoms with Crippen LogP contribution >= 0.6 is 0 Å². The van der Waals surface area contributed by atoms with Crippen LogP contribution in [-0.2, 0) is 11.3 Å². The van der Waals surface area contributed by atoms with Crippen molar-refractivity contribution in [3.8, 4) is 12.1 Å².